The van der Waals surface area contributed by atoms with Crippen LogP contribution in [0.1, 0.15) is 37.3 Å². The first-order valence-corrected chi connectivity index (χ1v) is 8.90. The quantitative estimate of drug-likeness (QED) is 0.756. The van der Waals surface area contributed by atoms with E-state index in [0.717, 1.165) is 38.2 Å². The number of aryl methyl sites for hydroxylation is 2. The summed E-state index contributed by atoms with van der Waals surface area (Å²) in [4.78, 5) is 14.1. The van der Waals surface area contributed by atoms with E-state index in [4.69, 9.17) is 9.47 Å². The van der Waals surface area contributed by atoms with Crippen LogP contribution in [0.25, 0.3) is 0 Å². The molecule has 3 rings (SSSR count). The molecule has 2 aliphatic rings. The van der Waals surface area contributed by atoms with Gasteiger partial charge in [0, 0.05) is 6.54 Å². The van der Waals surface area contributed by atoms with E-state index >= 15 is 0 Å². The molecule has 0 atom stereocenters. The van der Waals surface area contributed by atoms with Crippen LogP contribution in [0.3, 0.4) is 0 Å². The molecular formula is C19H27NO3. The summed E-state index contributed by atoms with van der Waals surface area (Å²) in [7, 11) is 0. The third kappa shape index (κ3) is 4.25. The Hall–Kier alpha value is -1.55. The van der Waals surface area contributed by atoms with E-state index in [1.165, 1.54) is 30.4 Å². The highest BCUT2D eigenvalue weighted by molar-refractivity contribution is 5.72. The molecule has 1 saturated heterocycles. The van der Waals surface area contributed by atoms with Gasteiger partial charge in [0.2, 0.25) is 0 Å². The van der Waals surface area contributed by atoms with E-state index < -0.39 is 0 Å². The average molecular weight is 317 g/mol. The molecule has 0 radical (unpaired) electrons. The summed E-state index contributed by atoms with van der Waals surface area (Å²) in [6.45, 7) is 5.89. The predicted octanol–water partition coefficient (Wildman–Crippen LogP) is 2.83. The Morgan fingerprint density at radius 3 is 2.78 bits per heavy atom. The molecule has 4 heteroatoms. The molecule has 1 aromatic carbocycles. The molecule has 0 amide bonds. The van der Waals surface area contributed by atoms with Gasteiger partial charge in [0.1, 0.15) is 12.4 Å². The number of hydrogen-bond donors (Lipinski definition) is 0. The summed E-state index contributed by atoms with van der Waals surface area (Å²) in [6.07, 6.45) is 5.47. The summed E-state index contributed by atoms with van der Waals surface area (Å²) in [5, 5.41) is 0. The van der Waals surface area contributed by atoms with E-state index in [1.54, 1.807) is 0 Å². The summed E-state index contributed by atoms with van der Waals surface area (Å²) >= 11 is 0. The van der Waals surface area contributed by atoms with Gasteiger partial charge in [-0.25, -0.2) is 0 Å². The van der Waals surface area contributed by atoms with Crippen molar-refractivity contribution in [2.75, 3.05) is 32.8 Å². The van der Waals surface area contributed by atoms with Gasteiger partial charge in [-0.2, -0.15) is 0 Å². The first-order valence-electron chi connectivity index (χ1n) is 8.90. The fourth-order valence-electron chi connectivity index (χ4n) is 3.58. The molecule has 1 fully saturated rings. The van der Waals surface area contributed by atoms with Crippen molar-refractivity contribution in [2.45, 2.75) is 39.0 Å². The number of rotatable bonds is 6. The molecule has 0 bridgehead atoms. The second-order valence-corrected chi connectivity index (χ2v) is 6.50. The zero-order valence-electron chi connectivity index (χ0n) is 14.1. The minimum absolute atomic E-state index is 0.0264. The van der Waals surface area contributed by atoms with Crippen LogP contribution in [0, 0.1) is 5.92 Å². The second kappa shape index (κ2) is 7.82. The lowest BCUT2D eigenvalue weighted by Gasteiger charge is -2.30. The van der Waals surface area contributed by atoms with Crippen molar-refractivity contribution >= 4 is 5.97 Å². The highest BCUT2D eigenvalue weighted by atomic mass is 16.5. The molecular weight excluding hydrogens is 290 g/mol. The van der Waals surface area contributed by atoms with Crippen molar-refractivity contribution in [3.8, 4) is 5.75 Å². The lowest BCUT2D eigenvalue weighted by molar-refractivity contribution is -0.149. The topological polar surface area (TPSA) is 38.8 Å². The highest BCUT2D eigenvalue weighted by Gasteiger charge is 2.25. The number of nitrogens with zero attached hydrogens (tertiary/aromatic N) is 1. The van der Waals surface area contributed by atoms with Crippen LogP contribution in [0.2, 0.25) is 0 Å². The zero-order valence-corrected chi connectivity index (χ0v) is 14.1. The third-order valence-corrected chi connectivity index (χ3v) is 4.95. The van der Waals surface area contributed by atoms with Crippen molar-refractivity contribution in [2.24, 2.45) is 5.92 Å². The summed E-state index contributed by atoms with van der Waals surface area (Å²) in [5.74, 6) is 1.05. The van der Waals surface area contributed by atoms with Crippen LogP contribution in [-0.2, 0) is 22.4 Å². The molecule has 0 aromatic heterocycles. The Morgan fingerprint density at radius 2 is 2.00 bits per heavy atom. The molecule has 0 saturated carbocycles. The monoisotopic (exact) mass is 317 g/mol. The lowest BCUT2D eigenvalue weighted by Crippen LogP contribution is -2.39. The van der Waals surface area contributed by atoms with Crippen LogP contribution < -0.4 is 4.74 Å². The maximum absolute atomic E-state index is 11.7. The summed E-state index contributed by atoms with van der Waals surface area (Å²) in [5.41, 5.74) is 2.94. The number of esters is 1. The zero-order chi connectivity index (χ0) is 16.1. The van der Waals surface area contributed by atoms with Crippen molar-refractivity contribution < 1.29 is 14.3 Å². The van der Waals surface area contributed by atoms with Crippen molar-refractivity contribution in [3.63, 3.8) is 0 Å². The van der Waals surface area contributed by atoms with Gasteiger partial charge in [-0.1, -0.05) is 6.07 Å². The van der Waals surface area contributed by atoms with Gasteiger partial charge < -0.3 is 9.47 Å². The summed E-state index contributed by atoms with van der Waals surface area (Å²) in [6, 6.07) is 6.51. The number of carbonyl (C=O) groups is 1. The van der Waals surface area contributed by atoms with Gasteiger partial charge in [-0.05, 0) is 75.4 Å². The number of benzene rings is 1. The van der Waals surface area contributed by atoms with Crippen LogP contribution in [-0.4, -0.2) is 43.7 Å². The molecule has 1 aromatic rings. The van der Waals surface area contributed by atoms with Gasteiger partial charge in [-0.15, -0.1) is 0 Å². The molecule has 1 heterocycles. The Balaban J connectivity index is 1.38. The number of ether oxygens (including phenoxy) is 2. The van der Waals surface area contributed by atoms with Crippen LogP contribution in [0.5, 0.6) is 5.75 Å². The van der Waals surface area contributed by atoms with E-state index in [-0.39, 0.29) is 11.9 Å². The molecule has 126 valence electrons. The fraction of sp³-hybridized carbons (Fsp3) is 0.632. The Kier molecular flexibility index (Phi) is 5.55. The van der Waals surface area contributed by atoms with Gasteiger partial charge in [-0.3, -0.25) is 9.69 Å². The standard InChI is InChI=1S/C19H27NO3/c1-2-22-19(21)16-8-10-20(11-9-16)12-13-23-18-7-6-15-4-3-5-17(15)14-18/h6-7,14,16H,2-5,8-13H2,1H3. The van der Waals surface area contributed by atoms with E-state index in [2.05, 4.69) is 23.1 Å². The molecule has 0 N–H and O–H groups in total. The molecule has 4 nitrogen and oxygen atoms in total. The third-order valence-electron chi connectivity index (χ3n) is 4.95. The Morgan fingerprint density at radius 1 is 1.22 bits per heavy atom. The SMILES string of the molecule is CCOC(=O)C1CCN(CCOc2ccc3c(c2)CCC3)CC1. The molecule has 0 unspecified atom stereocenters. The first-order chi connectivity index (χ1) is 11.3. The number of likely N-dealkylation sites (tertiary alicyclic amines) is 1. The van der Waals surface area contributed by atoms with Gasteiger partial charge in [0.15, 0.2) is 0 Å². The maximum Gasteiger partial charge on any atom is 0.309 e. The van der Waals surface area contributed by atoms with E-state index in [9.17, 15) is 4.79 Å². The molecule has 1 aliphatic heterocycles. The number of piperidine rings is 1. The minimum atomic E-state index is -0.0264. The largest absolute Gasteiger partial charge is 0.492 e. The molecule has 0 spiro atoms. The van der Waals surface area contributed by atoms with Gasteiger partial charge in [0.25, 0.3) is 0 Å². The van der Waals surface area contributed by atoms with Crippen LogP contribution in [0.4, 0.5) is 0 Å². The molecule has 1 aliphatic carbocycles. The predicted molar refractivity (Wildman–Crippen MR) is 89.8 cm³/mol. The second-order valence-electron chi connectivity index (χ2n) is 6.50. The average Bonchev–Trinajstić information content (AvgIpc) is 3.03. The normalized spacial score (nSPS) is 18.7. The first kappa shape index (κ1) is 16.3. The van der Waals surface area contributed by atoms with Crippen LogP contribution >= 0.6 is 0 Å². The molecule has 23 heavy (non-hydrogen) atoms. The highest BCUT2D eigenvalue weighted by Crippen LogP contribution is 2.26. The van der Waals surface area contributed by atoms with Gasteiger partial charge in [0.05, 0.1) is 12.5 Å². The van der Waals surface area contributed by atoms with Gasteiger partial charge >= 0.3 is 5.97 Å². The number of fused-ring (bicyclic) bond motifs is 1. The smallest absolute Gasteiger partial charge is 0.309 e. The Bertz CT molecular complexity index is 535. The van der Waals surface area contributed by atoms with E-state index in [0.29, 0.717) is 13.2 Å². The van der Waals surface area contributed by atoms with Crippen molar-refractivity contribution in [1.29, 1.82) is 0 Å². The Labute approximate surface area is 138 Å². The summed E-state index contributed by atoms with van der Waals surface area (Å²) < 4.78 is 11.0. The number of carbonyl (C=O) groups excluding carboxylic acids is 1. The van der Waals surface area contributed by atoms with Crippen molar-refractivity contribution in [1.82, 2.24) is 4.90 Å². The maximum atomic E-state index is 11.7. The van der Waals surface area contributed by atoms with E-state index in [1.807, 2.05) is 6.92 Å². The van der Waals surface area contributed by atoms with Crippen molar-refractivity contribution in [3.05, 3.63) is 29.3 Å². The fourth-order valence-corrected chi connectivity index (χ4v) is 3.58. The lowest BCUT2D eigenvalue weighted by atomic mass is 9.97. The van der Waals surface area contributed by atoms with Crippen LogP contribution in [0.15, 0.2) is 18.2 Å². The minimum Gasteiger partial charge on any atom is -0.492 e. The number of hydrogen-bond acceptors (Lipinski definition) is 4.